The first-order valence-electron chi connectivity index (χ1n) is 8.77. The number of hydrogen-bond donors (Lipinski definition) is 2. The van der Waals surface area contributed by atoms with Gasteiger partial charge < -0.3 is 24.8 Å². The van der Waals surface area contributed by atoms with Crippen LogP contribution in [0.25, 0.3) is 0 Å². The lowest BCUT2D eigenvalue weighted by Gasteiger charge is -2.23. The van der Waals surface area contributed by atoms with E-state index in [1.54, 1.807) is 24.3 Å². The van der Waals surface area contributed by atoms with Gasteiger partial charge in [0.25, 0.3) is 0 Å². The third kappa shape index (κ3) is 3.53. The van der Waals surface area contributed by atoms with Crippen LogP contribution in [0.1, 0.15) is 28.8 Å². The van der Waals surface area contributed by atoms with E-state index >= 15 is 0 Å². The van der Waals surface area contributed by atoms with Gasteiger partial charge in [-0.3, -0.25) is 0 Å². The number of anilines is 1. The van der Waals surface area contributed by atoms with E-state index in [-0.39, 0.29) is 11.6 Å². The highest BCUT2D eigenvalue weighted by molar-refractivity contribution is 5.92. The molecule has 0 bridgehead atoms. The summed E-state index contributed by atoms with van der Waals surface area (Å²) >= 11 is 0. The van der Waals surface area contributed by atoms with Crippen molar-refractivity contribution in [2.24, 2.45) is 0 Å². The number of fused-ring (bicyclic) bond motifs is 1. The predicted molar refractivity (Wildman–Crippen MR) is 98.3 cm³/mol. The summed E-state index contributed by atoms with van der Waals surface area (Å²) in [5, 5.41) is 5.85. The third-order valence-electron chi connectivity index (χ3n) is 4.76. The van der Waals surface area contributed by atoms with E-state index in [1.807, 2.05) is 18.2 Å². The summed E-state index contributed by atoms with van der Waals surface area (Å²) in [6.07, 6.45) is 1.72. The maximum atomic E-state index is 12.4. The molecule has 140 valence electrons. The predicted octanol–water partition coefficient (Wildman–Crippen LogP) is 3.06. The lowest BCUT2D eigenvalue weighted by molar-refractivity contribution is 0.0600. The summed E-state index contributed by atoms with van der Waals surface area (Å²) in [6, 6.07) is 12.0. The number of methoxy groups -OCH3 is 1. The van der Waals surface area contributed by atoms with Crippen molar-refractivity contribution in [2.45, 2.75) is 18.4 Å². The molecule has 0 radical (unpaired) electrons. The Morgan fingerprint density at radius 1 is 1.00 bits per heavy atom. The standard InChI is InChI=1S/C20H20N2O5/c1-25-18(23)13-2-5-15(6-3-13)21-19(24)22-20(8-9-20)14-4-7-16-17(12-14)27-11-10-26-16/h2-7,12H,8-11H2,1H3,(H2,21,22,24). The van der Waals surface area contributed by atoms with Crippen molar-refractivity contribution in [1.29, 1.82) is 0 Å². The second-order valence-electron chi connectivity index (χ2n) is 6.59. The van der Waals surface area contributed by atoms with Gasteiger partial charge in [0.05, 0.1) is 18.2 Å². The molecule has 2 N–H and O–H groups in total. The summed E-state index contributed by atoms with van der Waals surface area (Å²) in [4.78, 5) is 23.9. The zero-order valence-electron chi connectivity index (χ0n) is 14.9. The number of hydrogen-bond acceptors (Lipinski definition) is 5. The Balaban J connectivity index is 1.42. The summed E-state index contributed by atoms with van der Waals surface area (Å²) in [7, 11) is 1.33. The van der Waals surface area contributed by atoms with Crippen molar-refractivity contribution in [1.82, 2.24) is 5.32 Å². The molecule has 0 atom stereocenters. The maximum absolute atomic E-state index is 12.4. The molecular weight excluding hydrogens is 348 g/mol. The molecule has 0 aromatic heterocycles. The summed E-state index contributed by atoms with van der Waals surface area (Å²) in [5.74, 6) is 1.03. The molecule has 2 aliphatic rings. The number of amides is 2. The number of esters is 1. The van der Waals surface area contributed by atoms with Gasteiger partial charge in [0, 0.05) is 5.69 Å². The maximum Gasteiger partial charge on any atom is 0.337 e. The van der Waals surface area contributed by atoms with Crippen LogP contribution in [0.15, 0.2) is 42.5 Å². The fourth-order valence-corrected chi connectivity index (χ4v) is 3.14. The van der Waals surface area contributed by atoms with Gasteiger partial charge >= 0.3 is 12.0 Å². The number of urea groups is 1. The average Bonchev–Trinajstić information content (AvgIpc) is 3.48. The van der Waals surface area contributed by atoms with Crippen LogP contribution in [-0.4, -0.2) is 32.3 Å². The third-order valence-corrected chi connectivity index (χ3v) is 4.76. The van der Waals surface area contributed by atoms with Crippen molar-refractivity contribution >= 4 is 17.7 Å². The van der Waals surface area contributed by atoms with Gasteiger partial charge in [-0.25, -0.2) is 9.59 Å². The van der Waals surface area contributed by atoms with Crippen LogP contribution in [0.3, 0.4) is 0 Å². The molecule has 1 fully saturated rings. The summed E-state index contributed by atoms with van der Waals surface area (Å²) in [5.41, 5.74) is 1.64. The van der Waals surface area contributed by atoms with Gasteiger partial charge in [0.1, 0.15) is 13.2 Å². The van der Waals surface area contributed by atoms with Crippen LogP contribution < -0.4 is 20.1 Å². The van der Waals surface area contributed by atoms with E-state index in [0.717, 1.165) is 24.2 Å². The Kier molecular flexibility index (Phi) is 4.35. The van der Waals surface area contributed by atoms with Crippen LogP contribution >= 0.6 is 0 Å². The lowest BCUT2D eigenvalue weighted by atomic mass is 10.0. The van der Waals surface area contributed by atoms with Gasteiger partial charge in [-0.2, -0.15) is 0 Å². The van der Waals surface area contributed by atoms with Gasteiger partial charge in [-0.05, 0) is 54.8 Å². The molecule has 7 heteroatoms. The zero-order chi connectivity index (χ0) is 18.9. The second-order valence-corrected chi connectivity index (χ2v) is 6.59. The van der Waals surface area contributed by atoms with E-state index in [9.17, 15) is 9.59 Å². The molecule has 1 aliphatic carbocycles. The zero-order valence-corrected chi connectivity index (χ0v) is 14.9. The highest BCUT2D eigenvalue weighted by Crippen LogP contribution is 2.47. The van der Waals surface area contributed by atoms with Gasteiger partial charge in [-0.15, -0.1) is 0 Å². The molecule has 2 aromatic carbocycles. The Morgan fingerprint density at radius 3 is 2.37 bits per heavy atom. The molecule has 4 rings (SSSR count). The minimum Gasteiger partial charge on any atom is -0.486 e. The Bertz CT molecular complexity index is 874. The largest absolute Gasteiger partial charge is 0.486 e. The molecule has 1 heterocycles. The molecule has 2 aromatic rings. The van der Waals surface area contributed by atoms with Gasteiger partial charge in [0.2, 0.25) is 0 Å². The number of rotatable bonds is 4. The number of carbonyl (C=O) groups is 2. The summed E-state index contributed by atoms with van der Waals surface area (Å²) < 4.78 is 15.8. The topological polar surface area (TPSA) is 85.9 Å². The van der Waals surface area contributed by atoms with Gasteiger partial charge in [-0.1, -0.05) is 6.07 Å². The fraction of sp³-hybridized carbons (Fsp3) is 0.300. The molecule has 0 saturated heterocycles. The fourth-order valence-electron chi connectivity index (χ4n) is 3.14. The molecule has 1 aliphatic heterocycles. The molecule has 7 nitrogen and oxygen atoms in total. The van der Waals surface area contributed by atoms with Crippen LogP contribution in [-0.2, 0) is 10.3 Å². The smallest absolute Gasteiger partial charge is 0.337 e. The van der Waals surface area contributed by atoms with Crippen molar-refractivity contribution < 1.29 is 23.8 Å². The van der Waals surface area contributed by atoms with Crippen molar-refractivity contribution in [2.75, 3.05) is 25.6 Å². The van der Waals surface area contributed by atoms with Crippen LogP contribution in [0, 0.1) is 0 Å². The molecule has 0 spiro atoms. The van der Waals surface area contributed by atoms with Gasteiger partial charge in [0.15, 0.2) is 11.5 Å². The number of ether oxygens (including phenoxy) is 3. The van der Waals surface area contributed by atoms with E-state index < -0.39 is 5.97 Å². The average molecular weight is 368 g/mol. The Morgan fingerprint density at radius 2 is 1.70 bits per heavy atom. The first kappa shape index (κ1) is 17.2. The number of nitrogens with one attached hydrogen (secondary N) is 2. The SMILES string of the molecule is COC(=O)c1ccc(NC(=O)NC2(c3ccc4c(c3)OCCO4)CC2)cc1. The van der Waals surface area contributed by atoms with Crippen LogP contribution in [0.2, 0.25) is 0 Å². The molecule has 27 heavy (non-hydrogen) atoms. The normalized spacial score (nSPS) is 16.2. The lowest BCUT2D eigenvalue weighted by Crippen LogP contribution is -2.38. The van der Waals surface area contributed by atoms with Crippen LogP contribution in [0.5, 0.6) is 11.5 Å². The highest BCUT2D eigenvalue weighted by atomic mass is 16.6. The van der Waals surface area contributed by atoms with Crippen molar-refractivity contribution in [3.05, 3.63) is 53.6 Å². The van der Waals surface area contributed by atoms with E-state index in [4.69, 9.17) is 9.47 Å². The monoisotopic (exact) mass is 368 g/mol. The minimum absolute atomic E-state index is 0.298. The first-order valence-corrected chi connectivity index (χ1v) is 8.77. The molecule has 0 unspecified atom stereocenters. The van der Waals surface area contributed by atoms with Crippen LogP contribution in [0.4, 0.5) is 10.5 Å². The number of benzene rings is 2. The Hall–Kier alpha value is -3.22. The van der Waals surface area contributed by atoms with Crippen molar-refractivity contribution in [3.63, 3.8) is 0 Å². The first-order chi connectivity index (χ1) is 13.1. The van der Waals surface area contributed by atoms with E-state index in [2.05, 4.69) is 15.4 Å². The second kappa shape index (κ2) is 6.83. The molecule has 2 amide bonds. The van der Waals surface area contributed by atoms with E-state index in [1.165, 1.54) is 7.11 Å². The molecular formula is C20H20N2O5. The number of carbonyl (C=O) groups excluding carboxylic acids is 2. The summed E-state index contributed by atoms with van der Waals surface area (Å²) in [6.45, 7) is 1.08. The highest BCUT2D eigenvalue weighted by Gasteiger charge is 2.46. The Labute approximate surface area is 156 Å². The van der Waals surface area contributed by atoms with Crippen molar-refractivity contribution in [3.8, 4) is 11.5 Å². The minimum atomic E-state index is -0.415. The van der Waals surface area contributed by atoms with E-state index in [0.29, 0.717) is 30.2 Å². The molecule has 1 saturated carbocycles. The quantitative estimate of drug-likeness (QED) is 0.810.